The summed E-state index contributed by atoms with van der Waals surface area (Å²) in [5.74, 6) is 2.06. The highest BCUT2D eigenvalue weighted by Gasteiger charge is 2.32. The maximum absolute atomic E-state index is 12.8. The molecule has 1 aliphatic rings. The van der Waals surface area contributed by atoms with Crippen LogP contribution in [0.3, 0.4) is 0 Å². The van der Waals surface area contributed by atoms with Crippen LogP contribution in [-0.4, -0.2) is 36.9 Å². The highest BCUT2D eigenvalue weighted by Crippen LogP contribution is 2.33. The van der Waals surface area contributed by atoms with Crippen molar-refractivity contribution in [3.8, 4) is 11.5 Å². The Bertz CT molecular complexity index is 759. The minimum atomic E-state index is -0.153. The fourth-order valence-corrected chi connectivity index (χ4v) is 3.28. The molecule has 26 heavy (non-hydrogen) atoms. The van der Waals surface area contributed by atoms with Crippen molar-refractivity contribution in [2.75, 3.05) is 26.1 Å². The number of carbonyl (C=O) groups excluding carboxylic acids is 1. The molecule has 7 nitrogen and oxygen atoms in total. The number of methoxy groups -OCH3 is 2. The summed E-state index contributed by atoms with van der Waals surface area (Å²) < 4.78 is 15.9. The minimum Gasteiger partial charge on any atom is -0.493 e. The molecular weight excluding hydrogens is 334 g/mol. The number of aryl methyl sites for hydroxylation is 1. The third kappa shape index (κ3) is 3.76. The van der Waals surface area contributed by atoms with Gasteiger partial charge in [0.2, 0.25) is 0 Å². The number of anilines is 1. The van der Waals surface area contributed by atoms with Crippen molar-refractivity contribution >= 4 is 11.7 Å². The summed E-state index contributed by atoms with van der Waals surface area (Å²) in [6, 6.07) is 7.07. The number of nitrogens with zero attached hydrogens (tertiary/aromatic N) is 2. The SMILES string of the molecule is CCCc1cc(C2CCCN2C(=O)Nc2ccc(OC)c(OC)c2)no1. The van der Waals surface area contributed by atoms with E-state index in [1.165, 1.54) is 0 Å². The Morgan fingerprint density at radius 1 is 1.31 bits per heavy atom. The van der Waals surface area contributed by atoms with E-state index >= 15 is 0 Å². The van der Waals surface area contributed by atoms with E-state index in [-0.39, 0.29) is 12.1 Å². The second-order valence-electron chi connectivity index (χ2n) is 6.32. The average Bonchev–Trinajstić information content (AvgIpc) is 3.31. The highest BCUT2D eigenvalue weighted by molar-refractivity contribution is 5.90. The van der Waals surface area contributed by atoms with Crippen molar-refractivity contribution in [3.05, 3.63) is 35.7 Å². The van der Waals surface area contributed by atoms with Crippen LogP contribution in [0, 0.1) is 0 Å². The van der Waals surface area contributed by atoms with E-state index in [9.17, 15) is 4.79 Å². The first kappa shape index (κ1) is 18.1. The number of aromatic nitrogens is 1. The smallest absolute Gasteiger partial charge is 0.322 e. The lowest BCUT2D eigenvalue weighted by Crippen LogP contribution is -2.34. The molecule has 1 aromatic carbocycles. The number of nitrogens with one attached hydrogen (secondary N) is 1. The molecule has 2 amide bonds. The number of benzene rings is 1. The second-order valence-corrected chi connectivity index (χ2v) is 6.32. The Hall–Kier alpha value is -2.70. The molecule has 1 aliphatic heterocycles. The third-order valence-electron chi connectivity index (χ3n) is 4.56. The quantitative estimate of drug-likeness (QED) is 0.843. The Kier molecular flexibility index (Phi) is 5.65. The molecule has 7 heteroatoms. The van der Waals surface area contributed by atoms with Gasteiger partial charge in [0.05, 0.1) is 20.3 Å². The number of ether oxygens (including phenoxy) is 2. The summed E-state index contributed by atoms with van der Waals surface area (Å²) in [7, 11) is 3.15. The molecule has 2 aromatic rings. The van der Waals surface area contributed by atoms with Crippen molar-refractivity contribution in [1.29, 1.82) is 0 Å². The van der Waals surface area contributed by atoms with Crippen molar-refractivity contribution in [2.24, 2.45) is 0 Å². The van der Waals surface area contributed by atoms with Gasteiger partial charge in [0.15, 0.2) is 11.5 Å². The lowest BCUT2D eigenvalue weighted by Gasteiger charge is -2.23. The van der Waals surface area contributed by atoms with Crippen LogP contribution < -0.4 is 14.8 Å². The van der Waals surface area contributed by atoms with Gasteiger partial charge in [0, 0.05) is 30.8 Å². The first-order valence-electron chi connectivity index (χ1n) is 8.91. The van der Waals surface area contributed by atoms with Gasteiger partial charge in [-0.3, -0.25) is 0 Å². The van der Waals surface area contributed by atoms with Crippen molar-refractivity contribution in [3.63, 3.8) is 0 Å². The van der Waals surface area contributed by atoms with Gasteiger partial charge < -0.3 is 24.2 Å². The van der Waals surface area contributed by atoms with Crippen molar-refractivity contribution in [2.45, 2.75) is 38.6 Å². The molecule has 0 radical (unpaired) electrons. The van der Waals surface area contributed by atoms with Crippen LogP contribution in [0.2, 0.25) is 0 Å². The molecular formula is C19H25N3O4. The van der Waals surface area contributed by atoms with Gasteiger partial charge in [0.25, 0.3) is 0 Å². The van der Waals surface area contributed by atoms with Crippen LogP contribution >= 0.6 is 0 Å². The van der Waals surface area contributed by atoms with E-state index in [2.05, 4.69) is 17.4 Å². The molecule has 1 N–H and O–H groups in total. The van der Waals surface area contributed by atoms with Crippen molar-refractivity contribution in [1.82, 2.24) is 10.1 Å². The molecule has 0 aliphatic carbocycles. The topological polar surface area (TPSA) is 76.8 Å². The summed E-state index contributed by atoms with van der Waals surface area (Å²) >= 11 is 0. The maximum atomic E-state index is 12.8. The number of carbonyl (C=O) groups is 1. The summed E-state index contributed by atoms with van der Waals surface area (Å²) in [6.45, 7) is 2.79. The zero-order valence-electron chi connectivity index (χ0n) is 15.4. The predicted octanol–water partition coefficient (Wildman–Crippen LogP) is 4.01. The first-order chi connectivity index (χ1) is 12.7. The van der Waals surface area contributed by atoms with E-state index < -0.39 is 0 Å². The van der Waals surface area contributed by atoms with Gasteiger partial charge in [-0.05, 0) is 31.4 Å². The van der Waals surface area contributed by atoms with Gasteiger partial charge in [-0.1, -0.05) is 12.1 Å². The molecule has 1 saturated heterocycles. The third-order valence-corrected chi connectivity index (χ3v) is 4.56. The van der Waals surface area contributed by atoms with Crippen LogP contribution in [0.5, 0.6) is 11.5 Å². The van der Waals surface area contributed by atoms with Crippen LogP contribution in [-0.2, 0) is 6.42 Å². The molecule has 0 saturated carbocycles. The Morgan fingerprint density at radius 2 is 2.12 bits per heavy atom. The molecule has 0 spiro atoms. The number of rotatable bonds is 6. The molecule has 1 aromatic heterocycles. The lowest BCUT2D eigenvalue weighted by molar-refractivity contribution is 0.204. The largest absolute Gasteiger partial charge is 0.493 e. The summed E-state index contributed by atoms with van der Waals surface area (Å²) in [6.07, 6.45) is 3.69. The highest BCUT2D eigenvalue weighted by atomic mass is 16.5. The summed E-state index contributed by atoms with van der Waals surface area (Å²) in [4.78, 5) is 14.6. The van der Waals surface area contributed by atoms with Crippen LogP contribution in [0.15, 0.2) is 28.8 Å². The van der Waals surface area contributed by atoms with E-state index in [4.69, 9.17) is 14.0 Å². The average molecular weight is 359 g/mol. The number of hydrogen-bond acceptors (Lipinski definition) is 5. The zero-order chi connectivity index (χ0) is 18.5. The van der Waals surface area contributed by atoms with Crippen LogP contribution in [0.1, 0.15) is 43.7 Å². The number of likely N-dealkylation sites (tertiary alicyclic amines) is 1. The molecule has 140 valence electrons. The zero-order valence-corrected chi connectivity index (χ0v) is 15.4. The van der Waals surface area contributed by atoms with Crippen LogP contribution in [0.25, 0.3) is 0 Å². The molecule has 1 fully saturated rings. The number of urea groups is 1. The standard InChI is InChI=1S/C19H25N3O4/c1-4-6-14-12-15(21-26-14)16-7-5-10-22(16)19(23)20-13-8-9-17(24-2)18(11-13)25-3/h8-9,11-12,16H,4-7,10H2,1-3H3,(H,20,23). The molecule has 0 bridgehead atoms. The Balaban J connectivity index is 1.72. The van der Waals surface area contributed by atoms with E-state index in [1.54, 1.807) is 32.4 Å². The van der Waals surface area contributed by atoms with E-state index in [0.717, 1.165) is 37.1 Å². The van der Waals surface area contributed by atoms with Gasteiger partial charge >= 0.3 is 6.03 Å². The van der Waals surface area contributed by atoms with Gasteiger partial charge in [0.1, 0.15) is 11.5 Å². The van der Waals surface area contributed by atoms with E-state index in [0.29, 0.717) is 23.7 Å². The number of amides is 2. The molecule has 3 rings (SSSR count). The van der Waals surface area contributed by atoms with E-state index in [1.807, 2.05) is 11.0 Å². The Labute approximate surface area is 153 Å². The van der Waals surface area contributed by atoms with Gasteiger partial charge in [-0.25, -0.2) is 4.79 Å². The minimum absolute atomic E-state index is 0.0514. The van der Waals surface area contributed by atoms with Gasteiger partial charge in [-0.15, -0.1) is 0 Å². The second kappa shape index (κ2) is 8.12. The maximum Gasteiger partial charge on any atom is 0.322 e. The lowest BCUT2D eigenvalue weighted by atomic mass is 10.1. The molecule has 2 heterocycles. The normalized spacial score (nSPS) is 16.6. The monoisotopic (exact) mass is 359 g/mol. The van der Waals surface area contributed by atoms with Crippen molar-refractivity contribution < 1.29 is 18.8 Å². The summed E-state index contributed by atoms with van der Waals surface area (Å²) in [5.41, 5.74) is 1.48. The van der Waals surface area contributed by atoms with Gasteiger partial charge in [-0.2, -0.15) is 0 Å². The molecule has 1 atom stereocenters. The Morgan fingerprint density at radius 3 is 2.85 bits per heavy atom. The number of hydrogen-bond donors (Lipinski definition) is 1. The molecule has 1 unspecified atom stereocenters. The summed E-state index contributed by atoms with van der Waals surface area (Å²) in [5, 5.41) is 7.11. The predicted molar refractivity (Wildman–Crippen MR) is 97.7 cm³/mol. The fraction of sp³-hybridized carbons (Fsp3) is 0.474. The fourth-order valence-electron chi connectivity index (χ4n) is 3.28. The van der Waals surface area contributed by atoms with Crippen LogP contribution in [0.4, 0.5) is 10.5 Å². The first-order valence-corrected chi connectivity index (χ1v) is 8.91.